The number of aliphatic hydroxyl groups excluding tert-OH is 1. The van der Waals surface area contributed by atoms with Crippen molar-refractivity contribution in [3.05, 3.63) is 92.2 Å². The fourth-order valence-corrected chi connectivity index (χ4v) is 6.15. The highest BCUT2D eigenvalue weighted by molar-refractivity contribution is 8.04. The van der Waals surface area contributed by atoms with E-state index in [0.29, 0.717) is 5.02 Å². The van der Waals surface area contributed by atoms with Gasteiger partial charge in [-0.1, -0.05) is 47.6 Å². The molecule has 1 fully saturated rings. The number of carbonyl (C=O) groups excluding carboxylic acids is 1. The van der Waals surface area contributed by atoms with Crippen molar-refractivity contribution >= 4 is 46.3 Å². The predicted molar refractivity (Wildman–Crippen MR) is 134 cm³/mol. The second-order valence-electron chi connectivity index (χ2n) is 8.00. The van der Waals surface area contributed by atoms with Gasteiger partial charge in [-0.05, 0) is 52.2 Å². The third-order valence-electron chi connectivity index (χ3n) is 6.03. The second kappa shape index (κ2) is 9.43. The van der Waals surface area contributed by atoms with Gasteiger partial charge >= 0.3 is 0 Å². The number of thioether (sulfide) groups is 1. The molecule has 1 unspecified atom stereocenters. The number of halogens is 1. The van der Waals surface area contributed by atoms with E-state index in [2.05, 4.69) is 22.3 Å². The van der Waals surface area contributed by atoms with E-state index in [1.54, 1.807) is 17.4 Å². The van der Waals surface area contributed by atoms with Crippen LogP contribution in [0.15, 0.2) is 80.9 Å². The Morgan fingerprint density at radius 1 is 1.06 bits per heavy atom. The van der Waals surface area contributed by atoms with Crippen LogP contribution in [0.3, 0.4) is 0 Å². The molecule has 2 aromatic carbocycles. The van der Waals surface area contributed by atoms with Gasteiger partial charge < -0.3 is 20.1 Å². The first kappa shape index (κ1) is 22.3. The zero-order chi connectivity index (χ0) is 22.8. The second-order valence-corrected chi connectivity index (χ2v) is 10.2. The number of hydrogen-bond acceptors (Lipinski definition) is 6. The van der Waals surface area contributed by atoms with Crippen molar-refractivity contribution in [3.8, 4) is 0 Å². The lowest BCUT2D eigenvalue weighted by atomic mass is 9.79. The molecule has 1 saturated heterocycles. The number of nitrogens with one attached hydrogen (secondary N) is 1. The van der Waals surface area contributed by atoms with Crippen LogP contribution < -0.4 is 10.2 Å². The third kappa shape index (κ3) is 4.38. The minimum atomic E-state index is -0.838. The van der Waals surface area contributed by atoms with Crippen molar-refractivity contribution in [2.75, 3.05) is 31.2 Å². The average molecular weight is 499 g/mol. The molecule has 170 valence electrons. The van der Waals surface area contributed by atoms with E-state index in [-0.39, 0.29) is 23.0 Å². The Morgan fingerprint density at radius 3 is 2.48 bits per heavy atom. The molecule has 5 nitrogen and oxygen atoms in total. The fourth-order valence-electron chi connectivity index (χ4n) is 4.30. The number of ether oxygens (including phenoxy) is 1. The number of carbonyl (C=O) groups is 1. The highest BCUT2D eigenvalue weighted by Gasteiger charge is 2.43. The highest BCUT2D eigenvalue weighted by Crippen LogP contribution is 2.44. The Bertz CT molecular complexity index is 1170. The molecule has 3 aromatic rings. The van der Waals surface area contributed by atoms with Crippen molar-refractivity contribution in [1.29, 1.82) is 0 Å². The number of rotatable bonds is 5. The Hall–Kier alpha value is -2.45. The van der Waals surface area contributed by atoms with E-state index >= 15 is 0 Å². The van der Waals surface area contributed by atoms with Gasteiger partial charge in [-0.15, -0.1) is 0 Å². The maximum Gasteiger partial charge on any atom is 0.262 e. The Kier molecular flexibility index (Phi) is 6.38. The zero-order valence-electron chi connectivity index (χ0n) is 17.8. The molecule has 0 aliphatic carbocycles. The number of benzene rings is 2. The molecule has 2 aliphatic heterocycles. The number of hydrogen-bond donors (Lipinski definition) is 2. The van der Waals surface area contributed by atoms with Crippen LogP contribution in [0, 0.1) is 0 Å². The van der Waals surface area contributed by atoms with Crippen LogP contribution in [0.5, 0.6) is 0 Å². The lowest BCUT2D eigenvalue weighted by Crippen LogP contribution is -2.50. The summed E-state index contributed by atoms with van der Waals surface area (Å²) in [6.45, 7) is 3.16. The maximum absolute atomic E-state index is 13.3. The van der Waals surface area contributed by atoms with E-state index in [1.165, 1.54) is 11.8 Å². The molecule has 0 spiro atoms. The summed E-state index contributed by atoms with van der Waals surface area (Å²) >= 11 is 9.04. The number of anilines is 1. The molecule has 1 atom stereocenters. The fraction of sp³-hybridized carbons (Fsp3) is 0.240. The largest absolute Gasteiger partial charge is 0.511 e. The maximum atomic E-state index is 13.3. The van der Waals surface area contributed by atoms with Crippen LogP contribution in [-0.4, -0.2) is 37.3 Å². The number of nitrogens with zero attached hydrogens (tertiary/aromatic N) is 1. The minimum absolute atomic E-state index is 0.0622. The molecular weight excluding hydrogens is 476 g/mol. The molecule has 0 saturated carbocycles. The van der Waals surface area contributed by atoms with Crippen LogP contribution >= 0.6 is 34.7 Å². The quantitative estimate of drug-likeness (QED) is 0.482. The summed E-state index contributed by atoms with van der Waals surface area (Å²) in [6.07, 6.45) is 0.263. The van der Waals surface area contributed by atoms with Gasteiger partial charge in [0, 0.05) is 30.1 Å². The minimum Gasteiger partial charge on any atom is -0.511 e. The molecule has 1 amide bonds. The summed E-state index contributed by atoms with van der Waals surface area (Å²) in [5, 5.41) is 18.9. The van der Waals surface area contributed by atoms with Gasteiger partial charge in [0.1, 0.15) is 10.7 Å². The van der Waals surface area contributed by atoms with E-state index in [0.717, 1.165) is 48.0 Å². The van der Waals surface area contributed by atoms with E-state index in [1.807, 2.05) is 47.2 Å². The molecule has 5 rings (SSSR count). The lowest BCUT2D eigenvalue weighted by Gasteiger charge is -2.39. The van der Waals surface area contributed by atoms with Crippen molar-refractivity contribution in [2.24, 2.45) is 0 Å². The molecule has 3 heterocycles. The van der Waals surface area contributed by atoms with E-state index in [4.69, 9.17) is 16.3 Å². The molecule has 8 heteroatoms. The van der Waals surface area contributed by atoms with Crippen LogP contribution in [0.2, 0.25) is 5.02 Å². The molecule has 33 heavy (non-hydrogen) atoms. The van der Waals surface area contributed by atoms with Crippen LogP contribution in [-0.2, 0) is 15.1 Å². The van der Waals surface area contributed by atoms with Gasteiger partial charge in [-0.2, -0.15) is 11.3 Å². The summed E-state index contributed by atoms with van der Waals surface area (Å²) in [5.74, 6) is -0.251. The van der Waals surface area contributed by atoms with Crippen molar-refractivity contribution in [2.45, 2.75) is 16.9 Å². The monoisotopic (exact) mass is 498 g/mol. The van der Waals surface area contributed by atoms with Gasteiger partial charge in [0.15, 0.2) is 0 Å². The first-order valence-corrected chi connectivity index (χ1v) is 12.8. The number of thiophene rings is 1. The summed E-state index contributed by atoms with van der Waals surface area (Å²) < 4.78 is 5.46. The third-order valence-corrected chi connectivity index (χ3v) is 8.35. The van der Waals surface area contributed by atoms with Gasteiger partial charge in [0.2, 0.25) is 0 Å². The number of amides is 1. The average Bonchev–Trinajstić information content (AvgIpc) is 3.39. The zero-order valence-corrected chi connectivity index (χ0v) is 20.2. The highest BCUT2D eigenvalue weighted by atomic mass is 35.5. The summed E-state index contributed by atoms with van der Waals surface area (Å²) in [7, 11) is 0. The van der Waals surface area contributed by atoms with Crippen LogP contribution in [0.1, 0.15) is 17.5 Å². The predicted octanol–water partition coefficient (Wildman–Crippen LogP) is 5.56. The standard InChI is InChI=1S/C25H23ClN2O3S2/c26-20-3-1-2-4-22(20)33-23-21(29)15-25(27-24(23)30,18-9-14-32-16-18)17-5-7-19(8-6-17)28-10-12-31-13-11-28/h1-9,14,16,29H,10-13,15H2,(H,27,30). The molecule has 1 aromatic heterocycles. The topological polar surface area (TPSA) is 61.8 Å². The Morgan fingerprint density at radius 2 is 1.82 bits per heavy atom. The van der Waals surface area contributed by atoms with Gasteiger partial charge in [0.25, 0.3) is 5.91 Å². The van der Waals surface area contributed by atoms with Crippen molar-refractivity contribution in [3.63, 3.8) is 0 Å². The molecule has 0 bridgehead atoms. The van der Waals surface area contributed by atoms with Crippen molar-refractivity contribution < 1.29 is 14.6 Å². The van der Waals surface area contributed by atoms with Crippen LogP contribution in [0.25, 0.3) is 0 Å². The molecule has 2 N–H and O–H groups in total. The number of morpholine rings is 1. The van der Waals surface area contributed by atoms with Gasteiger partial charge in [-0.3, -0.25) is 4.79 Å². The lowest BCUT2D eigenvalue weighted by molar-refractivity contribution is -0.119. The van der Waals surface area contributed by atoms with E-state index < -0.39 is 5.54 Å². The molecular formula is C25H23ClN2O3S2. The van der Waals surface area contributed by atoms with E-state index in [9.17, 15) is 9.90 Å². The summed E-state index contributed by atoms with van der Waals surface area (Å²) in [6, 6.07) is 17.6. The van der Waals surface area contributed by atoms with Crippen molar-refractivity contribution in [1.82, 2.24) is 5.32 Å². The smallest absolute Gasteiger partial charge is 0.262 e. The Balaban J connectivity index is 1.50. The molecule has 0 radical (unpaired) electrons. The first-order chi connectivity index (χ1) is 16.1. The normalized spacial score (nSPS) is 21.2. The summed E-state index contributed by atoms with van der Waals surface area (Å²) in [4.78, 5) is 16.6. The van der Waals surface area contributed by atoms with Gasteiger partial charge in [-0.25, -0.2) is 0 Å². The van der Waals surface area contributed by atoms with Gasteiger partial charge in [0.05, 0.1) is 23.8 Å². The SMILES string of the molecule is O=C1NC(c2ccc(N3CCOCC3)cc2)(c2ccsc2)CC(O)=C1Sc1ccccc1Cl. The number of aliphatic hydroxyl groups is 1. The summed E-state index contributed by atoms with van der Waals surface area (Å²) in [5.41, 5.74) is 2.17. The first-order valence-electron chi connectivity index (χ1n) is 10.7. The molecule has 2 aliphatic rings. The van der Waals surface area contributed by atoms with Crippen LogP contribution in [0.4, 0.5) is 5.69 Å². The Labute approximate surface area is 206 Å².